The van der Waals surface area contributed by atoms with Crippen LogP contribution in [0.25, 0.3) is 21.7 Å². The Labute approximate surface area is 338 Å². The fourth-order valence-electron chi connectivity index (χ4n) is 7.03. The molecule has 0 spiro atoms. The van der Waals surface area contributed by atoms with E-state index < -0.39 is 20.1 Å². The molecule has 0 fully saturated rings. The lowest BCUT2D eigenvalue weighted by Gasteiger charge is -2.23. The van der Waals surface area contributed by atoms with Crippen molar-refractivity contribution in [3.63, 3.8) is 0 Å². The predicted octanol–water partition coefficient (Wildman–Crippen LogP) is 10.5. The summed E-state index contributed by atoms with van der Waals surface area (Å²) >= 11 is 0. The number of halogens is 1. The van der Waals surface area contributed by atoms with Crippen LogP contribution in [0.4, 0.5) is 4.39 Å². The molecule has 7 rings (SSSR count). The van der Waals surface area contributed by atoms with Crippen LogP contribution in [0.2, 0.25) is 25.7 Å². The highest BCUT2D eigenvalue weighted by Crippen LogP contribution is 2.53. The maximum Gasteiger partial charge on any atom is 0.309 e. The van der Waals surface area contributed by atoms with Crippen molar-refractivity contribution >= 4 is 35.7 Å². The van der Waals surface area contributed by atoms with E-state index >= 15 is 0 Å². The summed E-state index contributed by atoms with van der Waals surface area (Å²) < 4.78 is 46.7. The van der Waals surface area contributed by atoms with Gasteiger partial charge in [-0.1, -0.05) is 92.4 Å². The number of methoxy groups -OCH3 is 2. The Balaban J connectivity index is 1.55. The van der Waals surface area contributed by atoms with Gasteiger partial charge in [-0.25, -0.2) is 4.39 Å². The minimum atomic E-state index is -1.60. The number of benzene rings is 5. The summed E-state index contributed by atoms with van der Waals surface area (Å²) in [4.78, 5) is 18.1. The quantitative estimate of drug-likeness (QED) is 0.0808. The molecule has 11 heteroatoms. The minimum Gasteiger partial charge on any atom is -0.497 e. The number of aromatic hydroxyl groups is 1. The molecule has 2 heterocycles. The minimum absolute atomic E-state index is 0.0461. The average molecular weight is 799 g/mol. The maximum atomic E-state index is 13.9. The Kier molecular flexibility index (Phi) is 11.7. The number of pyridine rings is 1. The maximum absolute atomic E-state index is 13.9. The Hall–Kier alpha value is -6.33. The smallest absolute Gasteiger partial charge is 0.309 e. The van der Waals surface area contributed by atoms with E-state index in [1.54, 1.807) is 44.7 Å². The number of hydrogen-bond acceptors (Lipinski definition) is 8. The summed E-state index contributed by atoms with van der Waals surface area (Å²) in [7, 11) is 1.54. The normalized spacial score (nSPS) is 11.6. The molecule has 0 aliphatic rings. The molecule has 5 aromatic carbocycles. The van der Waals surface area contributed by atoms with E-state index in [4.69, 9.17) is 28.7 Å². The molecule has 0 radical (unpaired) electrons. The zero-order chi connectivity index (χ0) is 41.0. The number of carbonyl (C=O) groups is 1. The van der Waals surface area contributed by atoms with Crippen molar-refractivity contribution < 1.29 is 38.0 Å². The van der Waals surface area contributed by atoms with E-state index in [0.29, 0.717) is 52.1 Å². The van der Waals surface area contributed by atoms with Crippen molar-refractivity contribution in [2.24, 2.45) is 0 Å². The number of ether oxygens (including phenoxy) is 5. The van der Waals surface area contributed by atoms with Gasteiger partial charge in [-0.15, -0.1) is 0 Å². The Bertz CT molecular complexity index is 2510. The SMILES string of the molecule is COc1ccc(Cn2c(O)c3c(OC(c4ccccc4)c4ccccc4)c4ncc(Cc5ccc(F)cc5)cc4c(OCC[Si](C)(C)C)c3c2OC(C)=O)c(OC)c1. The number of esters is 1. The number of fused-ring (bicyclic) bond motifs is 2. The Morgan fingerprint density at radius 3 is 2.10 bits per heavy atom. The van der Waals surface area contributed by atoms with Crippen molar-refractivity contribution in [3.8, 4) is 34.8 Å². The zero-order valence-electron chi connectivity index (χ0n) is 33.5. The number of nitrogens with zero attached hydrogens (tertiary/aromatic N) is 2. The summed E-state index contributed by atoms with van der Waals surface area (Å²) in [6, 6.07) is 34.2. The molecule has 1 N–H and O–H groups in total. The van der Waals surface area contributed by atoms with Gasteiger partial charge >= 0.3 is 5.97 Å². The molecular formula is C47H47FN2O7Si. The topological polar surface area (TPSA) is 101 Å². The van der Waals surface area contributed by atoms with Gasteiger partial charge in [0.25, 0.3) is 0 Å². The molecule has 0 amide bonds. The highest BCUT2D eigenvalue weighted by molar-refractivity contribution is 6.76. The van der Waals surface area contributed by atoms with Crippen LogP contribution in [-0.2, 0) is 17.8 Å². The Morgan fingerprint density at radius 1 is 0.828 bits per heavy atom. The van der Waals surface area contributed by atoms with E-state index in [1.807, 2.05) is 72.8 Å². The first-order chi connectivity index (χ1) is 27.9. The van der Waals surface area contributed by atoms with Crippen LogP contribution in [0.15, 0.2) is 115 Å². The third-order valence-corrected chi connectivity index (χ3v) is 11.7. The van der Waals surface area contributed by atoms with Gasteiger partial charge in [-0.05, 0) is 65.1 Å². The molecule has 0 bridgehead atoms. The summed E-state index contributed by atoms with van der Waals surface area (Å²) in [6.45, 7) is 8.55. The van der Waals surface area contributed by atoms with Crippen molar-refractivity contribution in [2.45, 2.75) is 51.7 Å². The first kappa shape index (κ1) is 39.9. The highest BCUT2D eigenvalue weighted by Gasteiger charge is 2.32. The summed E-state index contributed by atoms with van der Waals surface area (Å²) in [5.41, 5.74) is 4.61. The van der Waals surface area contributed by atoms with Crippen molar-refractivity contribution in [1.29, 1.82) is 0 Å². The second-order valence-corrected chi connectivity index (χ2v) is 21.0. The van der Waals surface area contributed by atoms with E-state index in [0.717, 1.165) is 28.3 Å². The van der Waals surface area contributed by atoms with Gasteiger partial charge in [0.1, 0.15) is 34.7 Å². The number of aromatic nitrogens is 2. The lowest BCUT2D eigenvalue weighted by atomic mass is 10.00. The number of carbonyl (C=O) groups excluding carboxylic acids is 1. The van der Waals surface area contributed by atoms with Crippen LogP contribution in [0.1, 0.15) is 40.8 Å². The first-order valence-electron chi connectivity index (χ1n) is 19.2. The standard InChI is InChI=1S/C47H47FN2O7Si/c1-30(51)56-47-41-40(46(52)50(47)29-35-19-22-37(53-2)27-39(35)54-3)45(57-43(33-13-9-7-10-14-33)34-15-11-8-12-16-34)42-38(44(41)55-23-24-58(4,5)6)26-32(28-49-42)25-31-17-20-36(48)21-18-31/h7-22,26-28,43,52H,23-25,29H2,1-6H3. The molecule has 0 atom stereocenters. The van der Waals surface area contributed by atoms with Crippen LogP contribution >= 0.6 is 0 Å². The van der Waals surface area contributed by atoms with Crippen LogP contribution in [0.5, 0.6) is 34.8 Å². The van der Waals surface area contributed by atoms with E-state index in [-0.39, 0.29) is 35.3 Å². The van der Waals surface area contributed by atoms with Gasteiger partial charge in [0, 0.05) is 38.2 Å². The molecule has 2 aromatic heterocycles. The van der Waals surface area contributed by atoms with Crippen LogP contribution in [-0.4, -0.2) is 49.5 Å². The van der Waals surface area contributed by atoms with Gasteiger partial charge in [-0.2, -0.15) is 0 Å². The molecule has 0 aliphatic heterocycles. The largest absolute Gasteiger partial charge is 0.497 e. The molecule has 7 aromatic rings. The summed E-state index contributed by atoms with van der Waals surface area (Å²) in [6.07, 6.45) is 1.59. The molecule has 0 aliphatic carbocycles. The first-order valence-corrected chi connectivity index (χ1v) is 22.9. The zero-order valence-corrected chi connectivity index (χ0v) is 34.5. The molecule has 0 saturated heterocycles. The lowest BCUT2D eigenvalue weighted by molar-refractivity contribution is -0.132. The van der Waals surface area contributed by atoms with Gasteiger partial charge < -0.3 is 28.8 Å². The molecular weight excluding hydrogens is 752 g/mol. The van der Waals surface area contributed by atoms with E-state index in [1.165, 1.54) is 23.6 Å². The molecule has 0 saturated carbocycles. The predicted molar refractivity (Wildman–Crippen MR) is 227 cm³/mol. The summed E-state index contributed by atoms with van der Waals surface area (Å²) in [5.74, 6) is 0.737. The highest BCUT2D eigenvalue weighted by atomic mass is 28.3. The molecule has 9 nitrogen and oxygen atoms in total. The lowest BCUT2D eigenvalue weighted by Crippen LogP contribution is -2.22. The van der Waals surface area contributed by atoms with Crippen LogP contribution in [0, 0.1) is 5.82 Å². The van der Waals surface area contributed by atoms with Crippen molar-refractivity contribution in [3.05, 3.63) is 149 Å². The molecule has 298 valence electrons. The number of rotatable bonds is 15. The summed E-state index contributed by atoms with van der Waals surface area (Å²) in [5, 5.41) is 13.8. The van der Waals surface area contributed by atoms with Crippen LogP contribution < -0.4 is 23.7 Å². The van der Waals surface area contributed by atoms with Gasteiger partial charge in [-0.3, -0.25) is 14.3 Å². The van der Waals surface area contributed by atoms with Gasteiger partial charge in [0.05, 0.1) is 38.1 Å². The van der Waals surface area contributed by atoms with Gasteiger partial charge in [0.2, 0.25) is 11.8 Å². The van der Waals surface area contributed by atoms with Crippen molar-refractivity contribution in [2.75, 3.05) is 20.8 Å². The molecule has 0 unspecified atom stereocenters. The fraction of sp³-hybridized carbons (Fsp3) is 0.234. The van der Waals surface area contributed by atoms with E-state index in [9.17, 15) is 14.3 Å². The number of hydrogen-bond donors (Lipinski definition) is 1. The fourth-order valence-corrected chi connectivity index (χ4v) is 7.74. The van der Waals surface area contributed by atoms with E-state index in [2.05, 4.69) is 19.6 Å². The monoisotopic (exact) mass is 798 g/mol. The van der Waals surface area contributed by atoms with Gasteiger partial charge in [0.15, 0.2) is 5.75 Å². The van der Waals surface area contributed by atoms with Crippen molar-refractivity contribution in [1.82, 2.24) is 9.55 Å². The molecule has 58 heavy (non-hydrogen) atoms. The van der Waals surface area contributed by atoms with Crippen LogP contribution in [0.3, 0.4) is 0 Å². The third-order valence-electron chi connectivity index (χ3n) is 9.97. The average Bonchev–Trinajstić information content (AvgIpc) is 3.47. The second kappa shape index (κ2) is 17.0. The Morgan fingerprint density at radius 2 is 1.50 bits per heavy atom. The second-order valence-electron chi connectivity index (χ2n) is 15.4. The third kappa shape index (κ3) is 8.64.